The van der Waals surface area contributed by atoms with Crippen LogP contribution in [-0.4, -0.2) is 23.0 Å². The lowest BCUT2D eigenvalue weighted by atomic mass is 9.95. The summed E-state index contributed by atoms with van der Waals surface area (Å²) >= 11 is 0. The van der Waals surface area contributed by atoms with Crippen LogP contribution in [0.15, 0.2) is 109 Å². The van der Waals surface area contributed by atoms with Crippen molar-refractivity contribution in [3.05, 3.63) is 120 Å². The van der Waals surface area contributed by atoms with Crippen LogP contribution < -0.4 is 5.32 Å². The smallest absolute Gasteiger partial charge is 0.326 e. The first-order valence-electron chi connectivity index (χ1n) is 11.2. The van der Waals surface area contributed by atoms with Crippen LogP contribution in [0, 0.1) is 0 Å². The van der Waals surface area contributed by atoms with Crippen LogP contribution in [0.3, 0.4) is 0 Å². The van der Waals surface area contributed by atoms with Gasteiger partial charge in [0.05, 0.1) is 5.56 Å². The predicted molar refractivity (Wildman–Crippen MR) is 136 cm³/mol. The number of nitrogens with one attached hydrogen (secondary N) is 1. The van der Waals surface area contributed by atoms with E-state index in [1.165, 1.54) is 0 Å². The summed E-state index contributed by atoms with van der Waals surface area (Å²) in [5.74, 6) is -1.45. The van der Waals surface area contributed by atoms with Crippen LogP contribution in [0.1, 0.15) is 15.9 Å². The lowest BCUT2D eigenvalue weighted by molar-refractivity contribution is -0.139. The lowest BCUT2D eigenvalue weighted by Crippen LogP contribution is -2.42. The molecule has 1 atom stereocenters. The Morgan fingerprint density at radius 2 is 1.21 bits per heavy atom. The Morgan fingerprint density at radius 3 is 1.79 bits per heavy atom. The van der Waals surface area contributed by atoms with Crippen molar-refractivity contribution in [3.63, 3.8) is 0 Å². The van der Waals surface area contributed by atoms with E-state index in [-0.39, 0.29) is 12.3 Å². The van der Waals surface area contributed by atoms with E-state index in [1.807, 2.05) is 109 Å². The number of carbonyl (C=O) groups is 2. The fourth-order valence-electron chi connectivity index (χ4n) is 4.39. The molecule has 34 heavy (non-hydrogen) atoms. The van der Waals surface area contributed by atoms with Gasteiger partial charge in [0, 0.05) is 6.42 Å². The molecule has 4 nitrogen and oxygen atoms in total. The fraction of sp³-hybridized carbons (Fsp3) is 0.0667. The van der Waals surface area contributed by atoms with Crippen molar-refractivity contribution < 1.29 is 14.7 Å². The van der Waals surface area contributed by atoms with Crippen molar-refractivity contribution in [1.29, 1.82) is 0 Å². The van der Waals surface area contributed by atoms with Gasteiger partial charge in [0.25, 0.3) is 5.91 Å². The second-order valence-corrected chi connectivity index (χ2v) is 8.33. The van der Waals surface area contributed by atoms with Gasteiger partial charge in [-0.3, -0.25) is 4.79 Å². The van der Waals surface area contributed by atoms with Crippen molar-refractivity contribution in [2.45, 2.75) is 12.5 Å². The summed E-state index contributed by atoms with van der Waals surface area (Å²) in [5.41, 5.74) is 3.50. The molecule has 0 aromatic heterocycles. The number of hydrogen-bond donors (Lipinski definition) is 2. The van der Waals surface area contributed by atoms with Crippen LogP contribution in [0.25, 0.3) is 32.7 Å². The number of rotatable bonds is 6. The van der Waals surface area contributed by atoms with E-state index in [0.29, 0.717) is 5.56 Å². The first-order valence-corrected chi connectivity index (χ1v) is 11.2. The van der Waals surface area contributed by atoms with E-state index in [1.54, 1.807) is 0 Å². The summed E-state index contributed by atoms with van der Waals surface area (Å²) in [6.07, 6.45) is 0.193. The van der Waals surface area contributed by atoms with Crippen LogP contribution in [0.4, 0.5) is 0 Å². The Hall–Kier alpha value is -4.44. The topological polar surface area (TPSA) is 66.4 Å². The van der Waals surface area contributed by atoms with E-state index in [2.05, 4.69) is 5.32 Å². The summed E-state index contributed by atoms with van der Waals surface area (Å²) in [6.45, 7) is 0. The third kappa shape index (κ3) is 4.26. The third-order valence-electron chi connectivity index (χ3n) is 6.10. The molecule has 0 spiro atoms. The molecule has 166 valence electrons. The monoisotopic (exact) mass is 445 g/mol. The number of carboxylic acids is 1. The number of aliphatic carboxylic acids is 1. The van der Waals surface area contributed by atoms with Gasteiger partial charge in [-0.2, -0.15) is 0 Å². The number of carbonyl (C=O) groups excluding carboxylic acids is 1. The molecule has 0 fully saturated rings. The molecule has 0 saturated heterocycles. The van der Waals surface area contributed by atoms with Crippen LogP contribution >= 0.6 is 0 Å². The largest absolute Gasteiger partial charge is 0.480 e. The minimum Gasteiger partial charge on any atom is -0.480 e. The van der Waals surface area contributed by atoms with E-state index >= 15 is 0 Å². The van der Waals surface area contributed by atoms with Gasteiger partial charge in [0.15, 0.2) is 0 Å². The summed E-state index contributed by atoms with van der Waals surface area (Å²) in [7, 11) is 0. The highest BCUT2D eigenvalue weighted by Crippen LogP contribution is 2.28. The van der Waals surface area contributed by atoms with E-state index < -0.39 is 12.0 Å². The average molecular weight is 446 g/mol. The van der Waals surface area contributed by atoms with E-state index in [4.69, 9.17) is 0 Å². The maximum Gasteiger partial charge on any atom is 0.326 e. The van der Waals surface area contributed by atoms with Crippen molar-refractivity contribution in [3.8, 4) is 11.1 Å². The average Bonchev–Trinajstić information content (AvgIpc) is 2.87. The molecule has 1 amide bonds. The number of hydrogen-bond acceptors (Lipinski definition) is 2. The molecule has 4 heteroatoms. The Labute approximate surface area is 197 Å². The number of fused-ring (bicyclic) bond motifs is 2. The summed E-state index contributed by atoms with van der Waals surface area (Å²) in [6, 6.07) is 34.1. The number of amides is 1. The predicted octanol–water partition coefficient (Wildman–Crippen LogP) is 6.09. The van der Waals surface area contributed by atoms with Gasteiger partial charge < -0.3 is 10.4 Å². The highest BCUT2D eigenvalue weighted by atomic mass is 16.4. The zero-order valence-electron chi connectivity index (χ0n) is 18.4. The minimum absolute atomic E-state index is 0.193. The van der Waals surface area contributed by atoms with Gasteiger partial charge in [0.1, 0.15) is 6.04 Å². The maximum absolute atomic E-state index is 13.4. The molecule has 2 N–H and O–H groups in total. The van der Waals surface area contributed by atoms with E-state index in [0.717, 1.165) is 38.2 Å². The molecule has 0 bridgehead atoms. The summed E-state index contributed by atoms with van der Waals surface area (Å²) in [5, 5.41) is 16.1. The molecule has 5 aromatic rings. The first-order chi connectivity index (χ1) is 16.6. The SMILES string of the molecule is O=C(N[C@H](Cc1ccc(-c2ccccc2)cc1)C(=O)O)c1c2ccccc2cc2ccccc12. The second-order valence-electron chi connectivity index (χ2n) is 8.33. The molecule has 5 aromatic carbocycles. The number of benzene rings is 5. The van der Waals surface area contributed by atoms with Gasteiger partial charge in [-0.05, 0) is 44.3 Å². The van der Waals surface area contributed by atoms with Crippen molar-refractivity contribution in [1.82, 2.24) is 5.32 Å². The van der Waals surface area contributed by atoms with Gasteiger partial charge in [0.2, 0.25) is 0 Å². The molecule has 0 aliphatic rings. The first kappa shape index (κ1) is 21.4. The lowest BCUT2D eigenvalue weighted by Gasteiger charge is -2.17. The fourth-order valence-corrected chi connectivity index (χ4v) is 4.39. The standard InChI is InChI=1S/C30H23NO3/c32-29(28-25-12-6-4-10-23(25)19-24-11-5-7-13-26(24)28)31-27(30(33)34)18-20-14-16-22(17-15-20)21-8-2-1-3-9-21/h1-17,19,27H,18H2,(H,31,32)(H,33,34)/t27-/m1/s1. The highest BCUT2D eigenvalue weighted by molar-refractivity contribution is 6.18. The van der Waals surface area contributed by atoms with Crippen molar-refractivity contribution in [2.75, 3.05) is 0 Å². The Balaban J connectivity index is 1.44. The minimum atomic E-state index is -1.06. The van der Waals surface area contributed by atoms with Gasteiger partial charge in [-0.1, -0.05) is 103 Å². The van der Waals surface area contributed by atoms with Crippen molar-refractivity contribution in [2.24, 2.45) is 0 Å². The molecule has 0 unspecified atom stereocenters. The van der Waals surface area contributed by atoms with Gasteiger partial charge in [-0.15, -0.1) is 0 Å². The van der Waals surface area contributed by atoms with Crippen LogP contribution in [-0.2, 0) is 11.2 Å². The van der Waals surface area contributed by atoms with Crippen LogP contribution in [0.2, 0.25) is 0 Å². The molecule has 0 saturated carbocycles. The van der Waals surface area contributed by atoms with Crippen LogP contribution in [0.5, 0.6) is 0 Å². The van der Waals surface area contributed by atoms with Crippen molar-refractivity contribution >= 4 is 33.4 Å². The Bertz CT molecular complexity index is 1440. The van der Waals surface area contributed by atoms with Gasteiger partial charge >= 0.3 is 5.97 Å². The van der Waals surface area contributed by atoms with E-state index in [9.17, 15) is 14.7 Å². The second kappa shape index (κ2) is 9.20. The zero-order valence-corrected chi connectivity index (χ0v) is 18.4. The summed E-state index contributed by atoms with van der Waals surface area (Å²) in [4.78, 5) is 25.5. The Morgan fingerprint density at radius 1 is 0.676 bits per heavy atom. The maximum atomic E-state index is 13.4. The Kier molecular flexibility index (Phi) is 5.79. The molecule has 0 radical (unpaired) electrons. The highest BCUT2D eigenvalue weighted by Gasteiger charge is 2.23. The normalized spacial score (nSPS) is 11.9. The zero-order chi connectivity index (χ0) is 23.5. The number of carboxylic acid groups (broad SMARTS) is 1. The quantitative estimate of drug-likeness (QED) is 0.311. The molecule has 0 aliphatic carbocycles. The molecule has 0 heterocycles. The molecule has 0 aliphatic heterocycles. The molecule has 5 rings (SSSR count). The molecular formula is C30H23NO3. The summed E-state index contributed by atoms with van der Waals surface area (Å²) < 4.78 is 0. The molecular weight excluding hydrogens is 422 g/mol. The van der Waals surface area contributed by atoms with Gasteiger partial charge in [-0.25, -0.2) is 4.79 Å². The third-order valence-corrected chi connectivity index (χ3v) is 6.10.